The highest BCUT2D eigenvalue weighted by molar-refractivity contribution is 4.88. The molecule has 1 saturated heterocycles. The fourth-order valence-electron chi connectivity index (χ4n) is 2.04. The van der Waals surface area contributed by atoms with Crippen molar-refractivity contribution < 1.29 is 0 Å². The minimum absolute atomic E-state index is 0.365. The summed E-state index contributed by atoms with van der Waals surface area (Å²) >= 11 is 0. The van der Waals surface area contributed by atoms with Gasteiger partial charge in [-0.1, -0.05) is 6.92 Å². The number of hydrogen-bond donors (Lipinski definition) is 0. The lowest BCUT2D eigenvalue weighted by Gasteiger charge is -2.36. The molecule has 0 unspecified atom stereocenters. The van der Waals surface area contributed by atoms with Crippen LogP contribution in [0.5, 0.6) is 0 Å². The van der Waals surface area contributed by atoms with E-state index in [9.17, 15) is 0 Å². The zero-order chi connectivity index (χ0) is 8.65. The number of nitrogens with zero attached hydrogens (tertiary/aromatic N) is 1. The molecule has 0 aromatic carbocycles. The molecule has 0 bridgehead atoms. The van der Waals surface area contributed by atoms with Gasteiger partial charge in [0.1, 0.15) is 0 Å². The van der Waals surface area contributed by atoms with Crippen LogP contribution in [0.1, 0.15) is 41.0 Å². The summed E-state index contributed by atoms with van der Waals surface area (Å²) in [5.74, 6) is 0.884. The third-order valence-electron chi connectivity index (χ3n) is 3.00. The van der Waals surface area contributed by atoms with Crippen LogP contribution in [0.4, 0.5) is 0 Å². The Hall–Kier alpha value is -0.0400. The van der Waals surface area contributed by atoms with E-state index in [4.69, 9.17) is 0 Å². The van der Waals surface area contributed by atoms with E-state index < -0.39 is 0 Å². The molecule has 1 fully saturated rings. The van der Waals surface area contributed by atoms with Crippen LogP contribution < -0.4 is 0 Å². The molecule has 0 aromatic rings. The predicted octanol–water partition coefficient (Wildman–Crippen LogP) is 2.52. The molecule has 0 aromatic heterocycles. The lowest BCUT2D eigenvalue weighted by Crippen LogP contribution is -2.44. The maximum Gasteiger partial charge on any atom is 0.0127 e. The van der Waals surface area contributed by atoms with Crippen LogP contribution in [-0.2, 0) is 0 Å². The van der Waals surface area contributed by atoms with Crippen LogP contribution in [0.15, 0.2) is 0 Å². The van der Waals surface area contributed by atoms with Gasteiger partial charge in [-0.25, -0.2) is 0 Å². The highest BCUT2D eigenvalue weighted by Crippen LogP contribution is 2.29. The van der Waals surface area contributed by atoms with Crippen LogP contribution in [0.3, 0.4) is 0 Å². The Labute approximate surface area is 70.8 Å². The van der Waals surface area contributed by atoms with Crippen molar-refractivity contribution in [3.63, 3.8) is 0 Å². The Balaban J connectivity index is 2.62. The first kappa shape index (κ1) is 9.05. The Kier molecular flexibility index (Phi) is 2.29. The van der Waals surface area contributed by atoms with Crippen LogP contribution in [0.2, 0.25) is 0 Å². The zero-order valence-corrected chi connectivity index (χ0v) is 8.52. The quantitative estimate of drug-likeness (QED) is 0.519. The van der Waals surface area contributed by atoms with Crippen LogP contribution in [-0.4, -0.2) is 23.0 Å². The van der Waals surface area contributed by atoms with Crippen molar-refractivity contribution in [2.45, 2.75) is 52.6 Å². The lowest BCUT2D eigenvalue weighted by atomic mass is 10.0. The minimum Gasteiger partial charge on any atom is -0.296 e. The number of rotatable bonds is 0. The van der Waals surface area contributed by atoms with E-state index in [1.165, 1.54) is 13.0 Å². The monoisotopic (exact) mass is 155 g/mol. The molecule has 0 aliphatic carbocycles. The SMILES string of the molecule is C[C@@H]1[C@@H](C)CCN1C(C)(C)C. The molecular formula is C10H21N. The van der Waals surface area contributed by atoms with Crippen LogP contribution in [0, 0.1) is 5.92 Å². The van der Waals surface area contributed by atoms with Gasteiger partial charge in [-0.05, 0) is 46.6 Å². The number of likely N-dealkylation sites (tertiary alicyclic amines) is 1. The molecule has 0 saturated carbocycles. The van der Waals surface area contributed by atoms with Crippen molar-refractivity contribution in [2.75, 3.05) is 6.54 Å². The third-order valence-corrected chi connectivity index (χ3v) is 3.00. The molecule has 66 valence electrons. The lowest BCUT2D eigenvalue weighted by molar-refractivity contribution is 0.120. The summed E-state index contributed by atoms with van der Waals surface area (Å²) in [6.45, 7) is 12.9. The van der Waals surface area contributed by atoms with E-state index in [1.807, 2.05) is 0 Å². The Morgan fingerprint density at radius 2 is 1.73 bits per heavy atom. The fourth-order valence-corrected chi connectivity index (χ4v) is 2.04. The standard InChI is InChI=1S/C10H21N/c1-8-6-7-11(9(8)2)10(3,4)5/h8-9H,6-7H2,1-5H3/t8-,9+/m0/s1. The highest BCUT2D eigenvalue weighted by atomic mass is 15.2. The van der Waals surface area contributed by atoms with Crippen molar-refractivity contribution >= 4 is 0 Å². The van der Waals surface area contributed by atoms with E-state index >= 15 is 0 Å². The summed E-state index contributed by atoms with van der Waals surface area (Å²) < 4.78 is 0. The Morgan fingerprint density at radius 3 is 1.91 bits per heavy atom. The topological polar surface area (TPSA) is 3.24 Å². The molecule has 1 heterocycles. The summed E-state index contributed by atoms with van der Waals surface area (Å²) in [6.07, 6.45) is 1.37. The summed E-state index contributed by atoms with van der Waals surface area (Å²) in [5, 5.41) is 0. The van der Waals surface area contributed by atoms with Gasteiger partial charge >= 0.3 is 0 Å². The van der Waals surface area contributed by atoms with Gasteiger partial charge in [0.15, 0.2) is 0 Å². The smallest absolute Gasteiger partial charge is 0.0127 e. The van der Waals surface area contributed by atoms with Gasteiger partial charge in [0.2, 0.25) is 0 Å². The summed E-state index contributed by atoms with van der Waals surface area (Å²) in [7, 11) is 0. The predicted molar refractivity (Wildman–Crippen MR) is 49.7 cm³/mol. The molecule has 1 nitrogen and oxygen atoms in total. The normalized spacial score (nSPS) is 34.6. The second-order valence-corrected chi connectivity index (χ2v) is 4.87. The highest BCUT2D eigenvalue weighted by Gasteiger charge is 2.34. The molecule has 1 aliphatic rings. The summed E-state index contributed by atoms with van der Waals surface area (Å²) in [6, 6.07) is 0.773. The molecule has 1 aliphatic heterocycles. The molecular weight excluding hydrogens is 134 g/mol. The average Bonchev–Trinajstić information content (AvgIpc) is 2.11. The van der Waals surface area contributed by atoms with Gasteiger partial charge in [0.05, 0.1) is 0 Å². The molecule has 2 atom stereocenters. The first-order chi connectivity index (χ1) is 4.93. The molecule has 1 rings (SSSR count). The van der Waals surface area contributed by atoms with E-state index in [0.29, 0.717) is 5.54 Å². The minimum atomic E-state index is 0.365. The van der Waals surface area contributed by atoms with Gasteiger partial charge in [0, 0.05) is 11.6 Å². The van der Waals surface area contributed by atoms with Gasteiger partial charge in [0.25, 0.3) is 0 Å². The van der Waals surface area contributed by atoms with Gasteiger partial charge in [-0.3, -0.25) is 4.90 Å². The van der Waals surface area contributed by atoms with Gasteiger partial charge in [-0.2, -0.15) is 0 Å². The van der Waals surface area contributed by atoms with Crippen LogP contribution >= 0.6 is 0 Å². The third kappa shape index (κ3) is 1.76. The molecule has 0 amide bonds. The first-order valence-electron chi connectivity index (χ1n) is 4.69. The summed E-state index contributed by atoms with van der Waals surface area (Å²) in [4.78, 5) is 2.61. The molecule has 0 spiro atoms. The van der Waals surface area contributed by atoms with Crippen molar-refractivity contribution in [3.05, 3.63) is 0 Å². The van der Waals surface area contributed by atoms with Crippen LogP contribution in [0.25, 0.3) is 0 Å². The summed E-state index contributed by atoms with van der Waals surface area (Å²) in [5.41, 5.74) is 0.365. The maximum atomic E-state index is 2.61. The van der Waals surface area contributed by atoms with Gasteiger partial charge in [-0.15, -0.1) is 0 Å². The van der Waals surface area contributed by atoms with E-state index in [-0.39, 0.29) is 0 Å². The largest absolute Gasteiger partial charge is 0.296 e. The second-order valence-electron chi connectivity index (χ2n) is 4.87. The van der Waals surface area contributed by atoms with E-state index in [0.717, 1.165) is 12.0 Å². The van der Waals surface area contributed by atoms with E-state index in [1.54, 1.807) is 0 Å². The zero-order valence-electron chi connectivity index (χ0n) is 8.52. The molecule has 0 N–H and O–H groups in total. The van der Waals surface area contributed by atoms with E-state index in [2.05, 4.69) is 39.5 Å². The molecule has 0 radical (unpaired) electrons. The van der Waals surface area contributed by atoms with Crippen molar-refractivity contribution in [2.24, 2.45) is 5.92 Å². The molecule has 11 heavy (non-hydrogen) atoms. The Bertz CT molecular complexity index is 134. The van der Waals surface area contributed by atoms with Gasteiger partial charge < -0.3 is 0 Å². The van der Waals surface area contributed by atoms with Crippen molar-refractivity contribution in [1.29, 1.82) is 0 Å². The fraction of sp³-hybridized carbons (Fsp3) is 1.00. The van der Waals surface area contributed by atoms with Crippen molar-refractivity contribution in [3.8, 4) is 0 Å². The first-order valence-corrected chi connectivity index (χ1v) is 4.69. The average molecular weight is 155 g/mol. The van der Waals surface area contributed by atoms with Crippen molar-refractivity contribution in [1.82, 2.24) is 4.90 Å². The second kappa shape index (κ2) is 2.78. The molecule has 1 heteroatoms. The number of hydrogen-bond acceptors (Lipinski definition) is 1. The Morgan fingerprint density at radius 1 is 1.18 bits per heavy atom. The maximum absolute atomic E-state index is 2.61.